The lowest BCUT2D eigenvalue weighted by molar-refractivity contribution is -0.130. The molecule has 0 aliphatic carbocycles. The van der Waals surface area contributed by atoms with Crippen LogP contribution in [0.15, 0.2) is 48.5 Å². The summed E-state index contributed by atoms with van der Waals surface area (Å²) in [5, 5.41) is 0. The molecule has 1 fully saturated rings. The standard InChI is InChI=1S/C23H28N2O3/c1-3-28-21-10-6-5-9-20(21)23(27)25(19-13-11-18(2)12-14-19)17-22(26)24-15-7-4-8-16-24/h5-6,9-14H,3-4,7-8,15-17H2,1-2H3. The molecule has 5 nitrogen and oxygen atoms in total. The summed E-state index contributed by atoms with van der Waals surface area (Å²) in [6, 6.07) is 14.9. The minimum atomic E-state index is -0.224. The third-order valence-electron chi connectivity index (χ3n) is 5.01. The van der Waals surface area contributed by atoms with Crippen molar-refractivity contribution in [3.63, 3.8) is 0 Å². The molecule has 3 rings (SSSR count). The summed E-state index contributed by atoms with van der Waals surface area (Å²) in [5.74, 6) is 0.304. The molecule has 0 radical (unpaired) electrons. The van der Waals surface area contributed by atoms with Crippen molar-refractivity contribution in [3.05, 3.63) is 59.7 Å². The predicted molar refractivity (Wildman–Crippen MR) is 111 cm³/mol. The Balaban J connectivity index is 1.90. The molecule has 148 valence electrons. The average Bonchev–Trinajstić information content (AvgIpc) is 2.73. The van der Waals surface area contributed by atoms with Gasteiger partial charge in [-0.3, -0.25) is 14.5 Å². The number of likely N-dealkylation sites (tertiary alicyclic amines) is 1. The minimum Gasteiger partial charge on any atom is -0.493 e. The first-order chi connectivity index (χ1) is 13.6. The van der Waals surface area contributed by atoms with E-state index in [0.29, 0.717) is 23.6 Å². The van der Waals surface area contributed by atoms with E-state index in [1.165, 1.54) is 0 Å². The molecule has 0 bridgehead atoms. The van der Waals surface area contributed by atoms with Gasteiger partial charge in [-0.25, -0.2) is 0 Å². The topological polar surface area (TPSA) is 49.9 Å². The number of aryl methyl sites for hydroxylation is 1. The smallest absolute Gasteiger partial charge is 0.262 e. The van der Waals surface area contributed by atoms with Crippen LogP contribution in [0.2, 0.25) is 0 Å². The highest BCUT2D eigenvalue weighted by Gasteiger charge is 2.26. The molecule has 28 heavy (non-hydrogen) atoms. The summed E-state index contributed by atoms with van der Waals surface area (Å²) in [5.41, 5.74) is 2.29. The van der Waals surface area contributed by atoms with Crippen LogP contribution in [0.4, 0.5) is 5.69 Å². The SMILES string of the molecule is CCOc1ccccc1C(=O)N(CC(=O)N1CCCCC1)c1ccc(C)cc1. The van der Waals surface area contributed by atoms with Gasteiger partial charge < -0.3 is 9.64 Å². The van der Waals surface area contributed by atoms with Crippen LogP contribution < -0.4 is 9.64 Å². The van der Waals surface area contributed by atoms with Crippen molar-refractivity contribution in [2.24, 2.45) is 0 Å². The molecule has 2 aromatic rings. The van der Waals surface area contributed by atoms with Gasteiger partial charge in [-0.05, 0) is 57.4 Å². The normalized spacial score (nSPS) is 13.9. The molecule has 0 N–H and O–H groups in total. The van der Waals surface area contributed by atoms with Crippen LogP contribution >= 0.6 is 0 Å². The molecule has 0 atom stereocenters. The van der Waals surface area contributed by atoms with E-state index in [4.69, 9.17) is 4.74 Å². The highest BCUT2D eigenvalue weighted by atomic mass is 16.5. The van der Waals surface area contributed by atoms with E-state index < -0.39 is 0 Å². The van der Waals surface area contributed by atoms with Crippen LogP contribution in [0.25, 0.3) is 0 Å². The zero-order valence-electron chi connectivity index (χ0n) is 16.7. The molecule has 2 amide bonds. The number of para-hydroxylation sites is 1. The van der Waals surface area contributed by atoms with Gasteiger partial charge in [0.05, 0.1) is 12.2 Å². The number of rotatable bonds is 6. The number of hydrogen-bond acceptors (Lipinski definition) is 3. The largest absolute Gasteiger partial charge is 0.493 e. The lowest BCUT2D eigenvalue weighted by atomic mass is 10.1. The van der Waals surface area contributed by atoms with Gasteiger partial charge in [-0.2, -0.15) is 0 Å². The molecule has 0 aromatic heterocycles. The quantitative estimate of drug-likeness (QED) is 0.760. The number of benzene rings is 2. The van der Waals surface area contributed by atoms with E-state index in [1.807, 2.05) is 55.1 Å². The van der Waals surface area contributed by atoms with Gasteiger partial charge in [0.1, 0.15) is 12.3 Å². The van der Waals surface area contributed by atoms with Crippen molar-refractivity contribution < 1.29 is 14.3 Å². The lowest BCUT2D eigenvalue weighted by Gasteiger charge is -2.30. The zero-order valence-corrected chi connectivity index (χ0v) is 16.7. The van der Waals surface area contributed by atoms with Crippen LogP contribution in [0.5, 0.6) is 5.75 Å². The number of nitrogens with zero attached hydrogens (tertiary/aromatic N) is 2. The second-order valence-electron chi connectivity index (χ2n) is 7.10. The summed E-state index contributed by atoms with van der Waals surface area (Å²) < 4.78 is 5.64. The third-order valence-corrected chi connectivity index (χ3v) is 5.01. The second kappa shape index (κ2) is 9.40. The first-order valence-electron chi connectivity index (χ1n) is 9.98. The highest BCUT2D eigenvalue weighted by molar-refractivity contribution is 6.10. The van der Waals surface area contributed by atoms with E-state index in [1.54, 1.807) is 17.0 Å². The Morgan fingerprint density at radius 3 is 2.36 bits per heavy atom. The molecule has 1 heterocycles. The third kappa shape index (κ3) is 4.71. The van der Waals surface area contributed by atoms with Crippen LogP contribution in [0, 0.1) is 6.92 Å². The Bertz CT molecular complexity index is 811. The average molecular weight is 380 g/mol. The number of amides is 2. The first-order valence-corrected chi connectivity index (χ1v) is 9.98. The van der Waals surface area contributed by atoms with Crippen molar-refractivity contribution in [2.75, 3.05) is 31.1 Å². The van der Waals surface area contributed by atoms with Gasteiger partial charge in [0.25, 0.3) is 5.91 Å². The first kappa shape index (κ1) is 19.9. The van der Waals surface area contributed by atoms with Gasteiger partial charge in [-0.15, -0.1) is 0 Å². The van der Waals surface area contributed by atoms with Crippen molar-refractivity contribution in [1.29, 1.82) is 0 Å². The number of anilines is 1. The summed E-state index contributed by atoms with van der Waals surface area (Å²) >= 11 is 0. The molecular formula is C23H28N2O3. The molecule has 1 aliphatic rings. The molecule has 1 aliphatic heterocycles. The second-order valence-corrected chi connectivity index (χ2v) is 7.10. The van der Waals surface area contributed by atoms with E-state index in [2.05, 4.69) is 0 Å². The maximum atomic E-state index is 13.4. The number of ether oxygens (including phenoxy) is 1. The summed E-state index contributed by atoms with van der Waals surface area (Å²) in [4.78, 5) is 29.7. The van der Waals surface area contributed by atoms with Gasteiger partial charge in [0, 0.05) is 18.8 Å². The Labute approximate surface area is 166 Å². The summed E-state index contributed by atoms with van der Waals surface area (Å²) in [7, 11) is 0. The van der Waals surface area contributed by atoms with E-state index >= 15 is 0 Å². The Morgan fingerprint density at radius 2 is 1.68 bits per heavy atom. The van der Waals surface area contributed by atoms with Gasteiger partial charge in [0.15, 0.2) is 0 Å². The number of carbonyl (C=O) groups excluding carboxylic acids is 2. The van der Waals surface area contributed by atoms with E-state index in [-0.39, 0.29) is 18.4 Å². The molecule has 0 unspecified atom stereocenters. The summed E-state index contributed by atoms with van der Waals surface area (Å²) in [6.07, 6.45) is 3.21. The van der Waals surface area contributed by atoms with Gasteiger partial charge >= 0.3 is 0 Å². The Morgan fingerprint density at radius 1 is 1.00 bits per heavy atom. The molecule has 0 spiro atoms. The van der Waals surface area contributed by atoms with E-state index in [0.717, 1.165) is 37.9 Å². The fourth-order valence-corrected chi connectivity index (χ4v) is 3.45. The maximum Gasteiger partial charge on any atom is 0.262 e. The highest BCUT2D eigenvalue weighted by Crippen LogP contribution is 2.24. The van der Waals surface area contributed by atoms with Gasteiger partial charge in [0.2, 0.25) is 5.91 Å². The van der Waals surface area contributed by atoms with Gasteiger partial charge in [-0.1, -0.05) is 29.8 Å². The maximum absolute atomic E-state index is 13.4. The molecule has 5 heteroatoms. The van der Waals surface area contributed by atoms with Crippen LogP contribution in [0.3, 0.4) is 0 Å². The fourth-order valence-electron chi connectivity index (χ4n) is 3.45. The van der Waals surface area contributed by atoms with Crippen LogP contribution in [0.1, 0.15) is 42.1 Å². The Hall–Kier alpha value is -2.82. The predicted octanol–water partition coefficient (Wildman–Crippen LogP) is 4.05. The number of hydrogen-bond donors (Lipinski definition) is 0. The van der Waals surface area contributed by atoms with Crippen LogP contribution in [-0.4, -0.2) is 43.0 Å². The fraction of sp³-hybridized carbons (Fsp3) is 0.391. The summed E-state index contributed by atoms with van der Waals surface area (Å²) in [6.45, 7) is 5.93. The monoisotopic (exact) mass is 380 g/mol. The molecule has 2 aromatic carbocycles. The van der Waals surface area contributed by atoms with Crippen molar-refractivity contribution in [3.8, 4) is 5.75 Å². The lowest BCUT2D eigenvalue weighted by Crippen LogP contribution is -2.45. The van der Waals surface area contributed by atoms with Crippen molar-refractivity contribution in [1.82, 2.24) is 4.90 Å². The molecule has 1 saturated heterocycles. The van der Waals surface area contributed by atoms with E-state index in [9.17, 15) is 9.59 Å². The zero-order chi connectivity index (χ0) is 19.9. The molecular weight excluding hydrogens is 352 g/mol. The number of carbonyl (C=O) groups is 2. The van der Waals surface area contributed by atoms with Crippen molar-refractivity contribution in [2.45, 2.75) is 33.1 Å². The van der Waals surface area contributed by atoms with Crippen molar-refractivity contribution >= 4 is 17.5 Å². The molecule has 0 saturated carbocycles. The van der Waals surface area contributed by atoms with Crippen LogP contribution in [-0.2, 0) is 4.79 Å². The Kier molecular flexibility index (Phi) is 6.69. The number of piperidine rings is 1. The minimum absolute atomic E-state index is 0.0116.